The molecule has 2 nitrogen and oxygen atoms in total. The highest BCUT2D eigenvalue weighted by molar-refractivity contribution is 6.31. The Bertz CT molecular complexity index is 415. The maximum atomic E-state index is 6.20. The molecule has 1 aliphatic rings. The number of anilines is 1. The molecule has 0 spiro atoms. The lowest BCUT2D eigenvalue weighted by atomic mass is 9.96. The van der Waals surface area contributed by atoms with Crippen LogP contribution in [-0.2, 0) is 0 Å². The Morgan fingerprint density at radius 2 is 2.18 bits per heavy atom. The Labute approximate surface area is 109 Å². The second-order valence-electron chi connectivity index (χ2n) is 5.66. The molecule has 17 heavy (non-hydrogen) atoms. The summed E-state index contributed by atoms with van der Waals surface area (Å²) in [7, 11) is 0. The van der Waals surface area contributed by atoms with Gasteiger partial charge in [0.05, 0.1) is 0 Å². The zero-order valence-electron chi connectivity index (χ0n) is 10.8. The molecule has 2 N–H and O–H groups in total. The summed E-state index contributed by atoms with van der Waals surface area (Å²) in [6, 6.07) is 6.31. The summed E-state index contributed by atoms with van der Waals surface area (Å²) < 4.78 is 0. The minimum Gasteiger partial charge on any atom is -0.366 e. The fourth-order valence-electron chi connectivity index (χ4n) is 2.75. The van der Waals surface area contributed by atoms with Crippen molar-refractivity contribution >= 4 is 17.3 Å². The molecule has 1 fully saturated rings. The minimum absolute atomic E-state index is 0.169. The van der Waals surface area contributed by atoms with E-state index in [1.54, 1.807) is 0 Å². The van der Waals surface area contributed by atoms with E-state index in [-0.39, 0.29) is 5.54 Å². The molecule has 0 bridgehead atoms. The molecule has 1 saturated heterocycles. The van der Waals surface area contributed by atoms with E-state index in [1.807, 2.05) is 6.92 Å². The highest BCUT2D eigenvalue weighted by Gasteiger charge is 2.37. The first-order valence-electron chi connectivity index (χ1n) is 6.18. The van der Waals surface area contributed by atoms with Crippen LogP contribution in [0.5, 0.6) is 0 Å². The van der Waals surface area contributed by atoms with Gasteiger partial charge < -0.3 is 10.6 Å². The molecule has 1 unspecified atom stereocenters. The zero-order valence-corrected chi connectivity index (χ0v) is 11.6. The average Bonchev–Trinajstić information content (AvgIpc) is 2.58. The van der Waals surface area contributed by atoms with Crippen LogP contribution in [0.3, 0.4) is 0 Å². The summed E-state index contributed by atoms with van der Waals surface area (Å²) in [5.41, 5.74) is 8.30. The van der Waals surface area contributed by atoms with E-state index in [4.69, 9.17) is 17.3 Å². The van der Waals surface area contributed by atoms with Gasteiger partial charge in [0.2, 0.25) is 0 Å². The Hall–Kier alpha value is -0.730. The number of hydrogen-bond donors (Lipinski definition) is 1. The third-order valence-corrected chi connectivity index (χ3v) is 4.17. The normalized spacial score (nSPS) is 23.1. The van der Waals surface area contributed by atoms with Crippen molar-refractivity contribution in [2.24, 2.45) is 11.7 Å². The smallest absolute Gasteiger partial charge is 0.0455 e. The van der Waals surface area contributed by atoms with Gasteiger partial charge in [0.15, 0.2) is 0 Å². The molecule has 3 heteroatoms. The molecule has 0 amide bonds. The van der Waals surface area contributed by atoms with E-state index in [1.165, 1.54) is 5.69 Å². The minimum atomic E-state index is 0.169. The monoisotopic (exact) mass is 252 g/mol. The van der Waals surface area contributed by atoms with Gasteiger partial charge in [0, 0.05) is 22.8 Å². The van der Waals surface area contributed by atoms with Crippen LogP contribution in [0.4, 0.5) is 5.69 Å². The summed E-state index contributed by atoms with van der Waals surface area (Å²) in [6.45, 7) is 8.37. The van der Waals surface area contributed by atoms with Gasteiger partial charge in [0.1, 0.15) is 0 Å². The van der Waals surface area contributed by atoms with Gasteiger partial charge in [-0.2, -0.15) is 0 Å². The number of nitrogens with zero attached hydrogens (tertiary/aromatic N) is 1. The van der Waals surface area contributed by atoms with Crippen LogP contribution in [0.2, 0.25) is 5.02 Å². The predicted octanol–water partition coefficient (Wildman–Crippen LogP) is 3.21. The molecule has 1 atom stereocenters. The number of halogens is 1. The van der Waals surface area contributed by atoms with E-state index in [9.17, 15) is 0 Å². The largest absolute Gasteiger partial charge is 0.366 e. The van der Waals surface area contributed by atoms with E-state index < -0.39 is 0 Å². The van der Waals surface area contributed by atoms with E-state index in [0.29, 0.717) is 5.92 Å². The van der Waals surface area contributed by atoms with Crippen molar-refractivity contribution in [2.45, 2.75) is 32.7 Å². The van der Waals surface area contributed by atoms with Crippen molar-refractivity contribution in [3.8, 4) is 0 Å². The third kappa shape index (κ3) is 2.43. The Balaban J connectivity index is 2.30. The number of rotatable bonds is 2. The van der Waals surface area contributed by atoms with Crippen molar-refractivity contribution in [2.75, 3.05) is 18.0 Å². The first-order chi connectivity index (χ1) is 7.94. The average molecular weight is 253 g/mol. The molecule has 1 aliphatic heterocycles. The second kappa shape index (κ2) is 4.51. The molecule has 0 saturated carbocycles. The molecule has 0 aliphatic carbocycles. The van der Waals surface area contributed by atoms with Crippen LogP contribution >= 0.6 is 11.6 Å². The lowest BCUT2D eigenvalue weighted by Gasteiger charge is -2.33. The van der Waals surface area contributed by atoms with Gasteiger partial charge in [0.25, 0.3) is 0 Å². The number of hydrogen-bond acceptors (Lipinski definition) is 2. The first kappa shape index (κ1) is 12.7. The second-order valence-corrected chi connectivity index (χ2v) is 6.07. The lowest BCUT2D eigenvalue weighted by molar-refractivity contribution is 0.476. The highest BCUT2D eigenvalue weighted by atomic mass is 35.5. The fourth-order valence-corrected chi connectivity index (χ4v) is 2.92. The summed E-state index contributed by atoms with van der Waals surface area (Å²) in [6.07, 6.45) is 1.15. The van der Waals surface area contributed by atoms with Crippen molar-refractivity contribution < 1.29 is 0 Å². The van der Waals surface area contributed by atoms with Crippen LogP contribution < -0.4 is 10.6 Å². The molecule has 1 aromatic carbocycles. The molecule has 0 radical (unpaired) electrons. The SMILES string of the molecule is Cc1ccc(N2CC(CN)CC2(C)C)cc1Cl. The Morgan fingerprint density at radius 3 is 2.71 bits per heavy atom. The maximum Gasteiger partial charge on any atom is 0.0455 e. The lowest BCUT2D eigenvalue weighted by Crippen LogP contribution is -2.38. The van der Waals surface area contributed by atoms with E-state index in [2.05, 4.69) is 36.9 Å². The number of benzene rings is 1. The van der Waals surface area contributed by atoms with Gasteiger partial charge in [-0.1, -0.05) is 17.7 Å². The van der Waals surface area contributed by atoms with E-state index in [0.717, 1.165) is 30.1 Å². The van der Waals surface area contributed by atoms with Gasteiger partial charge in [-0.25, -0.2) is 0 Å². The van der Waals surface area contributed by atoms with Crippen molar-refractivity contribution in [3.63, 3.8) is 0 Å². The summed E-state index contributed by atoms with van der Waals surface area (Å²) in [5.74, 6) is 0.588. The van der Waals surface area contributed by atoms with Gasteiger partial charge in [-0.3, -0.25) is 0 Å². The summed E-state index contributed by atoms with van der Waals surface area (Å²) >= 11 is 6.20. The summed E-state index contributed by atoms with van der Waals surface area (Å²) in [5, 5.41) is 0.842. The van der Waals surface area contributed by atoms with Gasteiger partial charge in [-0.15, -0.1) is 0 Å². The molecule has 0 aromatic heterocycles. The van der Waals surface area contributed by atoms with Crippen molar-refractivity contribution in [1.82, 2.24) is 0 Å². The number of aryl methyl sites for hydroxylation is 1. The topological polar surface area (TPSA) is 29.3 Å². The third-order valence-electron chi connectivity index (χ3n) is 3.76. The summed E-state index contributed by atoms with van der Waals surface area (Å²) in [4.78, 5) is 2.43. The van der Waals surface area contributed by atoms with Crippen LogP contribution in [0, 0.1) is 12.8 Å². The van der Waals surface area contributed by atoms with Crippen molar-refractivity contribution in [1.29, 1.82) is 0 Å². The Kier molecular flexibility index (Phi) is 3.37. The van der Waals surface area contributed by atoms with Crippen LogP contribution in [0.1, 0.15) is 25.8 Å². The molecular weight excluding hydrogens is 232 g/mol. The standard InChI is InChI=1S/C14H21ClN2/c1-10-4-5-12(6-13(10)15)17-9-11(8-16)7-14(17,2)3/h4-6,11H,7-9,16H2,1-3H3. The fraction of sp³-hybridized carbons (Fsp3) is 0.571. The van der Waals surface area contributed by atoms with Crippen LogP contribution in [-0.4, -0.2) is 18.6 Å². The van der Waals surface area contributed by atoms with Gasteiger partial charge >= 0.3 is 0 Å². The molecule has 2 rings (SSSR count). The van der Waals surface area contributed by atoms with Crippen LogP contribution in [0.15, 0.2) is 18.2 Å². The zero-order chi connectivity index (χ0) is 12.6. The molecular formula is C14H21ClN2. The molecule has 94 valence electrons. The first-order valence-corrected chi connectivity index (χ1v) is 6.55. The maximum absolute atomic E-state index is 6.20. The van der Waals surface area contributed by atoms with E-state index >= 15 is 0 Å². The van der Waals surface area contributed by atoms with Crippen molar-refractivity contribution in [3.05, 3.63) is 28.8 Å². The van der Waals surface area contributed by atoms with Gasteiger partial charge in [-0.05, 0) is 57.4 Å². The van der Waals surface area contributed by atoms with Crippen LogP contribution in [0.25, 0.3) is 0 Å². The number of nitrogens with two attached hydrogens (primary N) is 1. The molecule has 1 heterocycles. The quantitative estimate of drug-likeness (QED) is 0.876. The highest BCUT2D eigenvalue weighted by Crippen LogP contribution is 2.37. The molecule has 1 aromatic rings. The Morgan fingerprint density at radius 1 is 1.47 bits per heavy atom. The predicted molar refractivity (Wildman–Crippen MR) is 74.8 cm³/mol.